The molecule has 1 aromatic rings. The smallest absolute Gasteiger partial charge is 0.303 e. The van der Waals surface area contributed by atoms with Gasteiger partial charge in [-0.15, -0.1) is 0 Å². The molecule has 0 aromatic heterocycles. The van der Waals surface area contributed by atoms with Crippen molar-refractivity contribution in [2.24, 2.45) is 5.92 Å². The molecule has 2 rings (SSSR count). The van der Waals surface area contributed by atoms with Crippen LogP contribution in [0, 0.1) is 5.92 Å². The van der Waals surface area contributed by atoms with Gasteiger partial charge in [0, 0.05) is 20.0 Å². The van der Waals surface area contributed by atoms with E-state index in [0.717, 1.165) is 11.1 Å². The first-order valence-corrected chi connectivity index (χ1v) is 7.42. The summed E-state index contributed by atoms with van der Waals surface area (Å²) < 4.78 is 11.4. The van der Waals surface area contributed by atoms with Crippen molar-refractivity contribution in [2.75, 3.05) is 7.11 Å². The monoisotopic (exact) mass is 302 g/mol. The zero-order valence-electron chi connectivity index (χ0n) is 13.4. The van der Waals surface area contributed by atoms with E-state index in [1.54, 1.807) is 13.2 Å². The molecule has 0 fully saturated rings. The van der Waals surface area contributed by atoms with Gasteiger partial charge >= 0.3 is 5.97 Å². The van der Waals surface area contributed by atoms with E-state index in [2.05, 4.69) is 13.8 Å². The molecular weight excluding hydrogens is 280 g/mol. The molecule has 0 spiro atoms. The van der Waals surface area contributed by atoms with Gasteiger partial charge in [0.15, 0.2) is 0 Å². The van der Waals surface area contributed by atoms with Gasteiger partial charge in [0.25, 0.3) is 0 Å². The van der Waals surface area contributed by atoms with E-state index in [-0.39, 0.29) is 17.8 Å². The highest BCUT2D eigenvalue weighted by molar-refractivity contribution is 5.68. The van der Waals surface area contributed by atoms with Crippen molar-refractivity contribution in [1.29, 1.82) is 0 Å². The van der Waals surface area contributed by atoms with E-state index in [4.69, 9.17) is 9.47 Å². The van der Waals surface area contributed by atoms with E-state index in [0.29, 0.717) is 6.29 Å². The summed E-state index contributed by atoms with van der Waals surface area (Å²) in [4.78, 5) is 22.5. The lowest BCUT2D eigenvalue weighted by molar-refractivity contribution is -0.163. The maximum Gasteiger partial charge on any atom is 0.303 e. The zero-order valence-corrected chi connectivity index (χ0v) is 13.4. The Balaban J connectivity index is 2.67. The lowest BCUT2D eigenvalue weighted by Crippen LogP contribution is -2.41. The predicted molar refractivity (Wildman–Crippen MR) is 83.5 cm³/mol. The molecule has 0 bridgehead atoms. The molecule has 22 heavy (non-hydrogen) atoms. The zero-order chi connectivity index (χ0) is 16.3. The molecule has 0 heterocycles. The minimum atomic E-state index is -0.932. The normalized spacial score (nSPS) is 27.1. The van der Waals surface area contributed by atoms with Gasteiger partial charge in [-0.05, 0) is 29.2 Å². The fraction of sp³-hybridized carbons (Fsp3) is 0.444. The van der Waals surface area contributed by atoms with Crippen molar-refractivity contribution < 1.29 is 19.1 Å². The van der Waals surface area contributed by atoms with Crippen LogP contribution >= 0.6 is 0 Å². The molecule has 118 valence electrons. The highest BCUT2D eigenvalue weighted by atomic mass is 16.6. The second-order valence-electron chi connectivity index (χ2n) is 5.88. The maximum absolute atomic E-state index is 11.6. The molecule has 1 aliphatic rings. The molecular formula is C18H22O4. The number of rotatable bonds is 5. The standard InChI is InChI=1S/C18H22O4/c1-12(2)16-14-8-5-6-9-15(14)18(21-4,10-7-11-19)17(16)22-13(3)20/h5-12,16-17H,1-4H3. The van der Waals surface area contributed by atoms with Crippen molar-refractivity contribution in [2.45, 2.75) is 38.4 Å². The van der Waals surface area contributed by atoms with Gasteiger partial charge in [-0.3, -0.25) is 9.59 Å². The van der Waals surface area contributed by atoms with Crippen LogP contribution < -0.4 is 0 Å². The van der Waals surface area contributed by atoms with E-state index in [1.165, 1.54) is 13.0 Å². The first-order valence-electron chi connectivity index (χ1n) is 7.42. The molecule has 0 amide bonds. The summed E-state index contributed by atoms with van der Waals surface area (Å²) in [5.41, 5.74) is 1.11. The van der Waals surface area contributed by atoms with Crippen molar-refractivity contribution in [3.05, 3.63) is 47.5 Å². The molecule has 0 aliphatic heterocycles. The highest BCUT2D eigenvalue weighted by Gasteiger charge is 2.54. The number of methoxy groups -OCH3 is 1. The number of hydrogen-bond donors (Lipinski definition) is 0. The van der Waals surface area contributed by atoms with Crippen molar-refractivity contribution in [3.63, 3.8) is 0 Å². The maximum atomic E-state index is 11.6. The minimum absolute atomic E-state index is 0.0105. The molecule has 3 atom stereocenters. The van der Waals surface area contributed by atoms with Crippen LogP contribution in [0.3, 0.4) is 0 Å². The molecule has 1 aromatic carbocycles. The summed E-state index contributed by atoms with van der Waals surface area (Å²) in [5.74, 6) is -0.0899. The van der Waals surface area contributed by atoms with Gasteiger partial charge in [0.05, 0.1) is 0 Å². The molecule has 0 N–H and O–H groups in total. The number of carbonyl (C=O) groups excluding carboxylic acids is 2. The van der Waals surface area contributed by atoms with Crippen LogP contribution in [0.25, 0.3) is 0 Å². The van der Waals surface area contributed by atoms with Gasteiger partial charge < -0.3 is 9.47 Å². The number of allylic oxidation sites excluding steroid dienone is 1. The quantitative estimate of drug-likeness (QED) is 0.477. The number of hydrogen-bond acceptors (Lipinski definition) is 4. The average Bonchev–Trinajstić information content (AvgIpc) is 2.75. The third-order valence-corrected chi connectivity index (χ3v) is 4.26. The third-order valence-electron chi connectivity index (χ3n) is 4.26. The summed E-state index contributed by atoms with van der Waals surface area (Å²) >= 11 is 0. The molecule has 4 nitrogen and oxygen atoms in total. The molecule has 3 unspecified atom stereocenters. The summed E-state index contributed by atoms with van der Waals surface area (Å²) in [7, 11) is 1.57. The van der Waals surface area contributed by atoms with Crippen LogP contribution in [0.5, 0.6) is 0 Å². The Morgan fingerprint density at radius 2 is 2.00 bits per heavy atom. The molecule has 4 heteroatoms. The number of ether oxygens (including phenoxy) is 2. The number of esters is 1. The van der Waals surface area contributed by atoms with E-state index in [1.807, 2.05) is 24.3 Å². The first kappa shape index (κ1) is 16.4. The second-order valence-corrected chi connectivity index (χ2v) is 5.88. The highest BCUT2D eigenvalue weighted by Crippen LogP contribution is 2.52. The molecule has 1 aliphatic carbocycles. The van der Waals surface area contributed by atoms with E-state index in [9.17, 15) is 9.59 Å². The third kappa shape index (κ3) is 2.59. The van der Waals surface area contributed by atoms with Crippen molar-refractivity contribution >= 4 is 12.3 Å². The molecule has 0 saturated heterocycles. The fourth-order valence-electron chi connectivity index (χ4n) is 3.44. The van der Waals surface area contributed by atoms with Gasteiger partial charge in [0.1, 0.15) is 18.0 Å². The summed E-state index contributed by atoms with van der Waals surface area (Å²) in [5, 5.41) is 0. The lowest BCUT2D eigenvalue weighted by Gasteiger charge is -2.34. The van der Waals surface area contributed by atoms with Crippen LogP contribution in [-0.4, -0.2) is 25.5 Å². The van der Waals surface area contributed by atoms with Crippen LogP contribution in [0.2, 0.25) is 0 Å². The first-order chi connectivity index (χ1) is 10.5. The van der Waals surface area contributed by atoms with Gasteiger partial charge in [-0.2, -0.15) is 0 Å². The number of fused-ring (bicyclic) bond motifs is 1. The summed E-state index contributed by atoms with van der Waals surface area (Å²) in [6.45, 7) is 5.57. The van der Waals surface area contributed by atoms with Crippen LogP contribution in [0.1, 0.15) is 37.8 Å². The van der Waals surface area contributed by atoms with Gasteiger partial charge in [0.2, 0.25) is 0 Å². The second kappa shape index (κ2) is 6.44. The van der Waals surface area contributed by atoms with Crippen LogP contribution in [0.15, 0.2) is 36.4 Å². The Morgan fingerprint density at radius 3 is 2.55 bits per heavy atom. The molecule has 0 radical (unpaired) electrons. The molecule has 0 saturated carbocycles. The number of carbonyl (C=O) groups is 2. The number of benzene rings is 1. The van der Waals surface area contributed by atoms with Crippen molar-refractivity contribution in [3.8, 4) is 0 Å². The SMILES string of the molecule is COC1(C=CC=O)c2ccccc2C(C(C)C)C1OC(C)=O. The topological polar surface area (TPSA) is 52.6 Å². The fourth-order valence-corrected chi connectivity index (χ4v) is 3.44. The van der Waals surface area contributed by atoms with Gasteiger partial charge in [-0.25, -0.2) is 0 Å². The predicted octanol–water partition coefficient (Wildman–Crippen LogP) is 2.97. The Hall–Kier alpha value is -1.94. The van der Waals surface area contributed by atoms with Crippen LogP contribution in [0.4, 0.5) is 0 Å². The average molecular weight is 302 g/mol. The number of aldehydes is 1. The Morgan fingerprint density at radius 1 is 1.32 bits per heavy atom. The Labute approximate surface area is 131 Å². The Bertz CT molecular complexity index is 591. The van der Waals surface area contributed by atoms with Crippen LogP contribution in [-0.2, 0) is 24.7 Å². The van der Waals surface area contributed by atoms with E-state index < -0.39 is 11.7 Å². The van der Waals surface area contributed by atoms with E-state index >= 15 is 0 Å². The largest absolute Gasteiger partial charge is 0.458 e. The minimum Gasteiger partial charge on any atom is -0.458 e. The summed E-state index contributed by atoms with van der Waals surface area (Å²) in [6, 6.07) is 7.89. The lowest BCUT2D eigenvalue weighted by atomic mass is 9.85. The summed E-state index contributed by atoms with van der Waals surface area (Å²) in [6.07, 6.45) is 3.30. The Kier molecular flexibility index (Phi) is 4.81. The van der Waals surface area contributed by atoms with Gasteiger partial charge in [-0.1, -0.05) is 38.1 Å². The van der Waals surface area contributed by atoms with Crippen molar-refractivity contribution in [1.82, 2.24) is 0 Å².